The topological polar surface area (TPSA) is 337 Å². The number of aliphatic hydroxyl groups is 10. The minimum atomic E-state index is -1.73. The Morgan fingerprint density at radius 3 is 2.11 bits per heavy atom. The quantitative estimate of drug-likeness (QED) is 0.0467. The van der Waals surface area contributed by atoms with Gasteiger partial charge in [0, 0.05) is 6.08 Å². The highest BCUT2D eigenvalue weighted by atomic mass is 16.7. The molecule has 0 amide bonds. The van der Waals surface area contributed by atoms with Crippen molar-refractivity contribution < 1.29 is 108 Å². The number of hydrogen-bond donors (Lipinski definition) is 10. The van der Waals surface area contributed by atoms with Crippen LogP contribution in [0.3, 0.4) is 0 Å². The third-order valence-corrected chi connectivity index (χ3v) is 20.9. The number of carbonyl (C=O) groups excluding carboxylic acids is 3. The predicted molar refractivity (Wildman–Crippen MR) is 278 cm³/mol. The third-order valence-electron chi connectivity index (χ3n) is 20.9. The first-order valence-corrected chi connectivity index (χ1v) is 28.1. The van der Waals surface area contributed by atoms with Crippen LogP contribution in [0.1, 0.15) is 112 Å². The molecule has 23 atom stereocenters. The molecule has 0 radical (unpaired) electrons. The molecule has 10 N–H and O–H groups in total. The first-order chi connectivity index (χ1) is 37.5. The van der Waals surface area contributed by atoms with Gasteiger partial charge in [-0.25, -0.2) is 9.59 Å². The summed E-state index contributed by atoms with van der Waals surface area (Å²) < 4.78 is 51.5. The van der Waals surface area contributed by atoms with E-state index in [2.05, 4.69) is 54.5 Å². The van der Waals surface area contributed by atoms with Crippen LogP contribution in [-0.4, -0.2) is 195 Å². The fourth-order valence-electron chi connectivity index (χ4n) is 16.1. The van der Waals surface area contributed by atoms with E-state index in [1.807, 2.05) is 0 Å². The van der Waals surface area contributed by atoms with Gasteiger partial charge in [0.05, 0.1) is 39.6 Å². The maximum Gasteiger partial charge on any atom is 0.337 e. The maximum absolute atomic E-state index is 15.3. The van der Waals surface area contributed by atoms with Crippen LogP contribution in [-0.2, 0) is 47.5 Å². The lowest BCUT2D eigenvalue weighted by molar-refractivity contribution is -0.324. The minimum absolute atomic E-state index is 0.0541. The second-order valence-electron chi connectivity index (χ2n) is 26.0. The maximum atomic E-state index is 15.3. The minimum Gasteiger partial charge on any atom is -0.493 e. The normalized spacial score (nSPS) is 45.8. The van der Waals surface area contributed by atoms with Crippen LogP contribution in [0.5, 0.6) is 11.5 Å². The molecule has 9 rings (SSSR count). The van der Waals surface area contributed by atoms with Crippen LogP contribution in [0, 0.1) is 50.2 Å². The lowest BCUT2D eigenvalue weighted by Gasteiger charge is -2.71. The molecular weight excluding hydrogens is 1050 g/mol. The number of aliphatic hydroxyl groups excluding tert-OH is 10. The van der Waals surface area contributed by atoms with Crippen molar-refractivity contribution in [1.29, 1.82) is 0 Å². The van der Waals surface area contributed by atoms with Gasteiger partial charge in [-0.05, 0) is 126 Å². The second kappa shape index (κ2) is 22.3. The SMILES string of the molecule is COC(=O)[C@H]1O[C@@H](O[C@H]2CC[C@]3(C)[C@H]4CC=C5C6CC(C)(C)CC[C@]6(C(=O)O[C@@H]6OC[C@@H](O)[C@H](O)[C@H]6OC(=O)C=Cc6ccc(O[C@@H]7O[C@H](CO)[C@@H](O)[C@H](O)[C@H]7O)c(OC)c6)[C@H](O)C[C@@]5(C)[C@]4(C)CC[C@H]3C2(C)C)[C@H](O)[C@@H](O)[C@@H]1O. The fraction of sp³-hybridized carbons (Fsp3) is 0.776. The number of hydrogen-bond acceptors (Lipinski definition) is 22. The molecule has 8 aliphatic rings. The zero-order chi connectivity index (χ0) is 58.4. The van der Waals surface area contributed by atoms with Gasteiger partial charge in [-0.15, -0.1) is 0 Å². The van der Waals surface area contributed by atoms with Crippen molar-refractivity contribution in [3.63, 3.8) is 0 Å². The highest BCUT2D eigenvalue weighted by molar-refractivity contribution is 5.87. The molecule has 80 heavy (non-hydrogen) atoms. The molecule has 3 heterocycles. The molecule has 22 nitrogen and oxygen atoms in total. The Morgan fingerprint density at radius 1 is 0.725 bits per heavy atom. The number of allylic oxidation sites excluding steroid dienone is 2. The summed E-state index contributed by atoms with van der Waals surface area (Å²) in [5, 5.41) is 108. The van der Waals surface area contributed by atoms with Crippen LogP contribution >= 0.6 is 0 Å². The molecule has 3 aliphatic heterocycles. The van der Waals surface area contributed by atoms with Crippen LogP contribution in [0.25, 0.3) is 6.08 Å². The Kier molecular flexibility index (Phi) is 16.9. The van der Waals surface area contributed by atoms with E-state index < -0.39 is 152 Å². The Hall–Kier alpha value is -3.85. The molecule has 3 saturated heterocycles. The van der Waals surface area contributed by atoms with E-state index in [0.29, 0.717) is 31.2 Å². The summed E-state index contributed by atoms with van der Waals surface area (Å²) in [6, 6.07) is 4.43. The lowest BCUT2D eigenvalue weighted by atomic mass is 9.33. The largest absolute Gasteiger partial charge is 0.493 e. The van der Waals surface area contributed by atoms with E-state index in [-0.39, 0.29) is 52.4 Å². The Bertz CT molecular complexity index is 2520. The van der Waals surface area contributed by atoms with E-state index in [0.717, 1.165) is 38.0 Å². The Labute approximate surface area is 465 Å². The van der Waals surface area contributed by atoms with Gasteiger partial charge in [0.2, 0.25) is 12.6 Å². The Balaban J connectivity index is 0.921. The van der Waals surface area contributed by atoms with Crippen molar-refractivity contribution in [2.45, 2.75) is 204 Å². The summed E-state index contributed by atoms with van der Waals surface area (Å²) in [6.45, 7) is 14.4. The lowest BCUT2D eigenvalue weighted by Crippen LogP contribution is -2.68. The zero-order valence-corrected chi connectivity index (χ0v) is 47.1. The highest BCUT2D eigenvalue weighted by Gasteiger charge is 2.72. The van der Waals surface area contributed by atoms with E-state index in [1.54, 1.807) is 0 Å². The number of benzene rings is 1. The fourth-order valence-corrected chi connectivity index (χ4v) is 16.1. The van der Waals surface area contributed by atoms with Gasteiger partial charge in [0.25, 0.3) is 0 Å². The molecule has 448 valence electrons. The summed E-state index contributed by atoms with van der Waals surface area (Å²) in [4.78, 5) is 41.3. The van der Waals surface area contributed by atoms with Gasteiger partial charge in [-0.3, -0.25) is 4.79 Å². The highest BCUT2D eigenvalue weighted by Crippen LogP contribution is 2.76. The number of carbonyl (C=O) groups is 3. The first-order valence-electron chi connectivity index (χ1n) is 28.1. The zero-order valence-electron chi connectivity index (χ0n) is 47.1. The summed E-state index contributed by atoms with van der Waals surface area (Å²) >= 11 is 0. The van der Waals surface area contributed by atoms with Gasteiger partial charge in [0.15, 0.2) is 30.0 Å². The standard InChI is InChI=1S/C58H84O22/c1-53(2)20-21-58(52(71)80-51-47(39(63)30(60)26-74-51)78-38(62)15-11-27-10-13-31(32(22-27)72-8)75-49-44(68)41(65)40(64)33(25-59)76-49)29(23-53)28-12-14-35-55(5)18-17-37(77-50-45(69)42(66)43(67)46(79-50)48(70)73-9)54(3,4)34(55)16-19-56(35,6)57(28,7)24-36(58)61/h10-13,15,22,29-30,33-37,39-47,49-51,59-61,63-69H,14,16-21,23-26H2,1-9H3/t29?,30-,33-,34+,35-,36-,37+,39+,40-,41+,42+,43+,44-,45-,46+,47-,49-,50-,51+,55+,56-,57-,58-/m1/s1. The monoisotopic (exact) mass is 1130 g/mol. The van der Waals surface area contributed by atoms with Crippen molar-refractivity contribution in [2.75, 3.05) is 27.4 Å². The molecular formula is C58H84O22. The van der Waals surface area contributed by atoms with Gasteiger partial charge in [-0.1, -0.05) is 66.2 Å². The van der Waals surface area contributed by atoms with Crippen molar-refractivity contribution in [2.24, 2.45) is 50.2 Å². The van der Waals surface area contributed by atoms with Crippen molar-refractivity contribution in [3.8, 4) is 11.5 Å². The average Bonchev–Trinajstić information content (AvgIpc) is 3.61. The van der Waals surface area contributed by atoms with Crippen LogP contribution in [0.4, 0.5) is 0 Å². The van der Waals surface area contributed by atoms with Gasteiger partial charge in [-0.2, -0.15) is 0 Å². The summed E-state index contributed by atoms with van der Waals surface area (Å²) in [5.41, 5.74) is -1.83. The molecule has 4 saturated carbocycles. The summed E-state index contributed by atoms with van der Waals surface area (Å²) in [7, 11) is 2.48. The van der Waals surface area contributed by atoms with Crippen LogP contribution in [0.2, 0.25) is 0 Å². The van der Waals surface area contributed by atoms with E-state index in [1.165, 1.54) is 31.4 Å². The van der Waals surface area contributed by atoms with Crippen LogP contribution in [0.15, 0.2) is 35.9 Å². The number of fused-ring (bicyclic) bond motifs is 7. The molecule has 1 unspecified atom stereocenters. The van der Waals surface area contributed by atoms with Gasteiger partial charge in [0.1, 0.15) is 60.4 Å². The number of methoxy groups -OCH3 is 2. The average molecular weight is 1130 g/mol. The predicted octanol–water partition coefficient (Wildman–Crippen LogP) is 1.56. The number of ether oxygens (including phenoxy) is 9. The van der Waals surface area contributed by atoms with E-state index in [9.17, 15) is 60.7 Å². The van der Waals surface area contributed by atoms with Gasteiger partial charge >= 0.3 is 17.9 Å². The third kappa shape index (κ3) is 10.1. The van der Waals surface area contributed by atoms with Crippen molar-refractivity contribution in [1.82, 2.24) is 0 Å². The van der Waals surface area contributed by atoms with E-state index in [4.69, 9.17) is 42.6 Å². The first kappa shape index (κ1) is 60.7. The molecule has 7 fully saturated rings. The number of rotatable bonds is 12. The van der Waals surface area contributed by atoms with Crippen molar-refractivity contribution in [3.05, 3.63) is 41.5 Å². The molecule has 0 aromatic heterocycles. The summed E-state index contributed by atoms with van der Waals surface area (Å²) in [6.07, 6.45) is -13.8. The second-order valence-corrected chi connectivity index (χ2v) is 26.0. The van der Waals surface area contributed by atoms with Gasteiger partial charge < -0.3 is 93.7 Å². The van der Waals surface area contributed by atoms with Crippen molar-refractivity contribution >= 4 is 24.0 Å². The molecule has 0 spiro atoms. The number of esters is 3. The molecule has 22 heteroatoms. The molecule has 5 aliphatic carbocycles. The Morgan fingerprint density at radius 2 is 1.43 bits per heavy atom. The van der Waals surface area contributed by atoms with Crippen LogP contribution < -0.4 is 9.47 Å². The molecule has 1 aromatic rings. The molecule has 1 aromatic carbocycles. The van der Waals surface area contributed by atoms with E-state index >= 15 is 4.79 Å². The molecule has 0 bridgehead atoms. The summed E-state index contributed by atoms with van der Waals surface area (Å²) in [5.74, 6) is -2.69. The smallest absolute Gasteiger partial charge is 0.337 e.